The van der Waals surface area contributed by atoms with Gasteiger partial charge in [-0.15, -0.1) is 0 Å². The maximum absolute atomic E-state index is 12.8. The maximum Gasteiger partial charge on any atom is 0.123 e. The third kappa shape index (κ3) is 2.12. The molecule has 0 saturated heterocycles. The number of halogens is 1. The van der Waals surface area contributed by atoms with Crippen LogP contribution in [0.2, 0.25) is 0 Å². The van der Waals surface area contributed by atoms with E-state index in [0.717, 1.165) is 11.3 Å². The summed E-state index contributed by atoms with van der Waals surface area (Å²) in [5.41, 5.74) is 1.93. The summed E-state index contributed by atoms with van der Waals surface area (Å²) in [5, 5.41) is 3.17. The Morgan fingerprint density at radius 1 is 1.31 bits per heavy atom. The molecule has 0 spiro atoms. The Balaban J connectivity index is 2.32. The van der Waals surface area contributed by atoms with Crippen molar-refractivity contribution in [3.8, 4) is 0 Å². The van der Waals surface area contributed by atoms with Gasteiger partial charge in [-0.1, -0.05) is 12.1 Å². The highest BCUT2D eigenvalue weighted by atomic mass is 19.1. The summed E-state index contributed by atoms with van der Waals surface area (Å²) in [4.78, 5) is 4.29. The van der Waals surface area contributed by atoms with Crippen molar-refractivity contribution in [3.05, 3.63) is 53.9 Å². The number of rotatable bonds is 3. The molecule has 4 heteroatoms. The fraction of sp³-hybridized carbons (Fsp3) is 0.250. The first-order valence-corrected chi connectivity index (χ1v) is 5.11. The summed E-state index contributed by atoms with van der Waals surface area (Å²) in [6, 6.07) is 6.46. The highest BCUT2D eigenvalue weighted by Crippen LogP contribution is 2.19. The molecule has 0 bridgehead atoms. The molecule has 1 aromatic heterocycles. The molecule has 1 heterocycles. The molecule has 0 fully saturated rings. The Hall–Kier alpha value is -1.68. The standard InChI is InChI=1S/C12H14FN3/c1-14-12(11-7-16(2)8-15-11)9-3-5-10(13)6-4-9/h3-8,12,14H,1-2H3. The van der Waals surface area contributed by atoms with E-state index in [1.807, 2.05) is 24.9 Å². The van der Waals surface area contributed by atoms with E-state index in [9.17, 15) is 4.39 Å². The zero-order chi connectivity index (χ0) is 11.5. The number of hydrogen-bond acceptors (Lipinski definition) is 2. The van der Waals surface area contributed by atoms with Crippen molar-refractivity contribution in [1.29, 1.82) is 0 Å². The van der Waals surface area contributed by atoms with Gasteiger partial charge in [-0.3, -0.25) is 0 Å². The van der Waals surface area contributed by atoms with Crippen LogP contribution in [-0.4, -0.2) is 16.6 Å². The van der Waals surface area contributed by atoms with Crippen LogP contribution in [0, 0.1) is 5.82 Å². The predicted molar refractivity (Wildman–Crippen MR) is 60.5 cm³/mol. The second-order valence-electron chi connectivity index (χ2n) is 3.74. The molecular formula is C12H14FN3. The van der Waals surface area contributed by atoms with Crippen LogP contribution < -0.4 is 5.32 Å². The number of nitrogens with zero attached hydrogens (tertiary/aromatic N) is 2. The van der Waals surface area contributed by atoms with Gasteiger partial charge < -0.3 is 9.88 Å². The van der Waals surface area contributed by atoms with Crippen molar-refractivity contribution in [2.75, 3.05) is 7.05 Å². The van der Waals surface area contributed by atoms with Gasteiger partial charge in [0.2, 0.25) is 0 Å². The lowest BCUT2D eigenvalue weighted by Gasteiger charge is -2.13. The molecule has 2 rings (SSSR count). The maximum atomic E-state index is 12.8. The van der Waals surface area contributed by atoms with Gasteiger partial charge >= 0.3 is 0 Å². The van der Waals surface area contributed by atoms with Gasteiger partial charge in [0.25, 0.3) is 0 Å². The molecule has 1 N–H and O–H groups in total. The summed E-state index contributed by atoms with van der Waals surface area (Å²) in [6.45, 7) is 0. The van der Waals surface area contributed by atoms with E-state index in [4.69, 9.17) is 0 Å². The van der Waals surface area contributed by atoms with Gasteiger partial charge in [0.1, 0.15) is 5.82 Å². The monoisotopic (exact) mass is 219 g/mol. The van der Waals surface area contributed by atoms with Gasteiger partial charge in [-0.2, -0.15) is 0 Å². The van der Waals surface area contributed by atoms with Gasteiger partial charge in [-0.25, -0.2) is 9.37 Å². The lowest BCUT2D eigenvalue weighted by atomic mass is 10.0. The van der Waals surface area contributed by atoms with Crippen molar-refractivity contribution >= 4 is 0 Å². The summed E-state index contributed by atoms with van der Waals surface area (Å²) >= 11 is 0. The summed E-state index contributed by atoms with van der Waals surface area (Å²) in [7, 11) is 3.79. The molecule has 0 aliphatic carbocycles. The number of hydrogen-bond donors (Lipinski definition) is 1. The number of aromatic nitrogens is 2. The van der Waals surface area contributed by atoms with Crippen molar-refractivity contribution in [1.82, 2.24) is 14.9 Å². The average molecular weight is 219 g/mol. The second kappa shape index (κ2) is 4.45. The van der Waals surface area contributed by atoms with Crippen LogP contribution in [-0.2, 0) is 7.05 Å². The van der Waals surface area contributed by atoms with E-state index in [-0.39, 0.29) is 11.9 Å². The van der Waals surface area contributed by atoms with Crippen LogP contribution in [0.3, 0.4) is 0 Å². The molecule has 0 saturated carbocycles. The summed E-state index contributed by atoms with van der Waals surface area (Å²) in [6.07, 6.45) is 3.70. The minimum atomic E-state index is -0.223. The lowest BCUT2D eigenvalue weighted by Crippen LogP contribution is -2.18. The number of benzene rings is 1. The van der Waals surface area contributed by atoms with Crippen molar-refractivity contribution in [3.63, 3.8) is 0 Å². The smallest absolute Gasteiger partial charge is 0.123 e. The van der Waals surface area contributed by atoms with E-state index in [0.29, 0.717) is 0 Å². The molecule has 0 amide bonds. The predicted octanol–water partition coefficient (Wildman–Crippen LogP) is 1.87. The Morgan fingerprint density at radius 3 is 2.50 bits per heavy atom. The van der Waals surface area contributed by atoms with Crippen molar-refractivity contribution < 1.29 is 4.39 Å². The van der Waals surface area contributed by atoms with E-state index >= 15 is 0 Å². The first-order valence-electron chi connectivity index (χ1n) is 5.11. The Labute approximate surface area is 93.9 Å². The first kappa shape index (κ1) is 10.8. The normalized spacial score (nSPS) is 12.7. The fourth-order valence-electron chi connectivity index (χ4n) is 1.72. The van der Waals surface area contributed by atoms with E-state index < -0.39 is 0 Å². The van der Waals surface area contributed by atoms with Crippen LogP contribution in [0.1, 0.15) is 17.3 Å². The van der Waals surface area contributed by atoms with Gasteiger partial charge in [0, 0.05) is 13.2 Å². The Kier molecular flexibility index (Phi) is 3.01. The highest BCUT2D eigenvalue weighted by molar-refractivity contribution is 5.26. The van der Waals surface area contributed by atoms with Crippen LogP contribution >= 0.6 is 0 Å². The zero-order valence-corrected chi connectivity index (χ0v) is 9.31. The van der Waals surface area contributed by atoms with Gasteiger partial charge in [-0.05, 0) is 24.7 Å². The quantitative estimate of drug-likeness (QED) is 0.854. The largest absolute Gasteiger partial charge is 0.340 e. The molecule has 16 heavy (non-hydrogen) atoms. The van der Waals surface area contributed by atoms with Gasteiger partial charge in [0.05, 0.1) is 18.1 Å². The van der Waals surface area contributed by atoms with Crippen molar-refractivity contribution in [2.24, 2.45) is 7.05 Å². The Bertz CT molecular complexity index is 461. The number of imidazole rings is 1. The van der Waals surface area contributed by atoms with E-state index in [2.05, 4.69) is 10.3 Å². The molecule has 3 nitrogen and oxygen atoms in total. The number of nitrogens with one attached hydrogen (secondary N) is 1. The molecule has 0 aliphatic heterocycles. The topological polar surface area (TPSA) is 29.9 Å². The van der Waals surface area contributed by atoms with Crippen LogP contribution in [0.25, 0.3) is 0 Å². The molecule has 0 aliphatic rings. The first-order chi connectivity index (χ1) is 7.70. The van der Waals surface area contributed by atoms with Crippen LogP contribution in [0.15, 0.2) is 36.8 Å². The average Bonchev–Trinajstić information content (AvgIpc) is 2.69. The second-order valence-corrected chi connectivity index (χ2v) is 3.74. The van der Waals surface area contributed by atoms with Crippen LogP contribution in [0.4, 0.5) is 4.39 Å². The molecule has 84 valence electrons. The van der Waals surface area contributed by atoms with E-state index in [1.165, 1.54) is 12.1 Å². The third-order valence-electron chi connectivity index (χ3n) is 2.51. The third-order valence-corrected chi connectivity index (χ3v) is 2.51. The number of aryl methyl sites for hydroxylation is 1. The minimum absolute atomic E-state index is 0.00167. The van der Waals surface area contributed by atoms with Gasteiger partial charge in [0.15, 0.2) is 0 Å². The molecule has 2 aromatic rings. The zero-order valence-electron chi connectivity index (χ0n) is 9.31. The molecule has 0 radical (unpaired) electrons. The fourth-order valence-corrected chi connectivity index (χ4v) is 1.72. The summed E-state index contributed by atoms with van der Waals surface area (Å²) in [5.74, 6) is -0.223. The van der Waals surface area contributed by atoms with E-state index in [1.54, 1.807) is 18.5 Å². The minimum Gasteiger partial charge on any atom is -0.340 e. The summed E-state index contributed by atoms with van der Waals surface area (Å²) < 4.78 is 14.7. The molecule has 1 aromatic carbocycles. The van der Waals surface area contributed by atoms with Crippen LogP contribution in [0.5, 0.6) is 0 Å². The molecule has 1 atom stereocenters. The molecular weight excluding hydrogens is 205 g/mol. The highest BCUT2D eigenvalue weighted by Gasteiger charge is 2.13. The Morgan fingerprint density at radius 2 is 2.00 bits per heavy atom. The molecule has 1 unspecified atom stereocenters. The lowest BCUT2D eigenvalue weighted by molar-refractivity contribution is 0.622. The SMILES string of the molecule is CNC(c1ccc(F)cc1)c1cn(C)cn1. The van der Waals surface area contributed by atoms with Crippen molar-refractivity contribution in [2.45, 2.75) is 6.04 Å².